The molecule has 2 aromatic rings. The van der Waals surface area contributed by atoms with Crippen LogP contribution in [0.3, 0.4) is 0 Å². The van der Waals surface area contributed by atoms with Gasteiger partial charge in [0.05, 0.1) is 20.4 Å². The van der Waals surface area contributed by atoms with E-state index in [0.717, 1.165) is 11.3 Å². The molecule has 118 valence electrons. The van der Waals surface area contributed by atoms with E-state index in [1.165, 1.54) is 0 Å². The van der Waals surface area contributed by atoms with Gasteiger partial charge >= 0.3 is 0 Å². The maximum Gasteiger partial charge on any atom is 0.254 e. The molecule has 0 aliphatic heterocycles. The summed E-state index contributed by atoms with van der Waals surface area (Å²) in [7, 11) is 6.77. The van der Waals surface area contributed by atoms with Crippen LogP contribution in [0.1, 0.15) is 21.6 Å². The predicted molar refractivity (Wildman–Crippen MR) is 83.3 cm³/mol. The fourth-order valence-corrected chi connectivity index (χ4v) is 2.22. The highest BCUT2D eigenvalue weighted by Crippen LogP contribution is 2.28. The molecule has 1 aromatic heterocycles. The van der Waals surface area contributed by atoms with Gasteiger partial charge in [-0.1, -0.05) is 0 Å². The summed E-state index contributed by atoms with van der Waals surface area (Å²) in [6.07, 6.45) is 1.79. The molecule has 0 fully saturated rings. The SMILES string of the molecule is COc1ccc(C(=O)N(C)Cc2cnn(C)c2C)cc1OC. The molecule has 0 saturated carbocycles. The number of carbonyl (C=O) groups excluding carboxylic acids is 1. The molecule has 1 aromatic carbocycles. The number of carbonyl (C=O) groups is 1. The molecule has 0 atom stereocenters. The average Bonchev–Trinajstić information content (AvgIpc) is 2.85. The Kier molecular flexibility index (Phi) is 4.70. The topological polar surface area (TPSA) is 56.6 Å². The number of aryl methyl sites for hydroxylation is 1. The Balaban J connectivity index is 2.18. The average molecular weight is 303 g/mol. The highest BCUT2D eigenvalue weighted by Gasteiger charge is 2.16. The smallest absolute Gasteiger partial charge is 0.254 e. The molecule has 0 spiro atoms. The van der Waals surface area contributed by atoms with E-state index in [4.69, 9.17) is 9.47 Å². The van der Waals surface area contributed by atoms with Crippen LogP contribution in [-0.4, -0.2) is 41.9 Å². The van der Waals surface area contributed by atoms with E-state index in [0.29, 0.717) is 23.6 Å². The maximum absolute atomic E-state index is 12.5. The molecule has 1 heterocycles. The zero-order valence-corrected chi connectivity index (χ0v) is 13.6. The third-order valence-corrected chi connectivity index (χ3v) is 3.72. The number of hydrogen-bond donors (Lipinski definition) is 0. The van der Waals surface area contributed by atoms with Gasteiger partial charge in [0.1, 0.15) is 0 Å². The first-order chi connectivity index (χ1) is 10.5. The van der Waals surface area contributed by atoms with E-state index in [9.17, 15) is 4.79 Å². The number of benzene rings is 1. The Morgan fingerprint density at radius 3 is 2.50 bits per heavy atom. The summed E-state index contributed by atoms with van der Waals surface area (Å²) in [5.41, 5.74) is 2.63. The van der Waals surface area contributed by atoms with E-state index in [-0.39, 0.29) is 5.91 Å². The van der Waals surface area contributed by atoms with Crippen molar-refractivity contribution >= 4 is 5.91 Å². The lowest BCUT2D eigenvalue weighted by Crippen LogP contribution is -2.26. The number of methoxy groups -OCH3 is 2. The van der Waals surface area contributed by atoms with Crippen molar-refractivity contribution < 1.29 is 14.3 Å². The van der Waals surface area contributed by atoms with E-state index in [2.05, 4.69) is 5.10 Å². The molecule has 22 heavy (non-hydrogen) atoms. The van der Waals surface area contributed by atoms with Crippen LogP contribution in [0.2, 0.25) is 0 Å². The van der Waals surface area contributed by atoms with Gasteiger partial charge in [-0.2, -0.15) is 5.10 Å². The predicted octanol–water partition coefficient (Wildman–Crippen LogP) is 2.02. The number of rotatable bonds is 5. The summed E-state index contributed by atoms with van der Waals surface area (Å²) in [4.78, 5) is 14.2. The highest BCUT2D eigenvalue weighted by atomic mass is 16.5. The number of aromatic nitrogens is 2. The molecule has 0 bridgehead atoms. The number of hydrogen-bond acceptors (Lipinski definition) is 4. The maximum atomic E-state index is 12.5. The first kappa shape index (κ1) is 15.9. The van der Waals surface area contributed by atoms with Gasteiger partial charge in [0.15, 0.2) is 11.5 Å². The molecule has 0 saturated heterocycles. The second-order valence-electron chi connectivity index (χ2n) is 5.11. The fraction of sp³-hybridized carbons (Fsp3) is 0.375. The van der Waals surface area contributed by atoms with E-state index in [1.807, 2.05) is 14.0 Å². The van der Waals surface area contributed by atoms with Crippen molar-refractivity contribution in [2.24, 2.45) is 7.05 Å². The molecule has 0 N–H and O–H groups in total. The van der Waals surface area contributed by atoms with Crippen LogP contribution < -0.4 is 9.47 Å². The minimum absolute atomic E-state index is 0.0794. The van der Waals surface area contributed by atoms with Crippen LogP contribution >= 0.6 is 0 Å². The zero-order valence-electron chi connectivity index (χ0n) is 13.6. The van der Waals surface area contributed by atoms with Gasteiger partial charge in [0, 0.05) is 37.5 Å². The molecule has 0 aliphatic carbocycles. The molecular formula is C16H21N3O3. The lowest BCUT2D eigenvalue weighted by Gasteiger charge is -2.18. The summed E-state index contributed by atoms with van der Waals surface area (Å²) in [5.74, 6) is 1.06. The Labute approximate surface area is 130 Å². The lowest BCUT2D eigenvalue weighted by atomic mass is 10.1. The largest absolute Gasteiger partial charge is 0.493 e. The highest BCUT2D eigenvalue weighted by molar-refractivity contribution is 5.94. The second-order valence-corrected chi connectivity index (χ2v) is 5.11. The molecule has 6 heteroatoms. The second kappa shape index (κ2) is 6.51. The normalized spacial score (nSPS) is 10.4. The molecule has 0 radical (unpaired) electrons. The monoisotopic (exact) mass is 303 g/mol. The van der Waals surface area contributed by atoms with Crippen LogP contribution in [0.15, 0.2) is 24.4 Å². The number of nitrogens with zero attached hydrogens (tertiary/aromatic N) is 3. The van der Waals surface area contributed by atoms with Gasteiger partial charge in [0.2, 0.25) is 0 Å². The summed E-state index contributed by atoms with van der Waals surface area (Å²) in [6.45, 7) is 2.49. The van der Waals surface area contributed by atoms with E-state index < -0.39 is 0 Å². The van der Waals surface area contributed by atoms with Gasteiger partial charge in [-0.15, -0.1) is 0 Å². The molecule has 0 unspecified atom stereocenters. The van der Waals surface area contributed by atoms with Gasteiger partial charge < -0.3 is 14.4 Å². The standard InChI is InChI=1S/C16H21N3O3/c1-11-13(9-17-19(11)3)10-18(2)16(20)12-6-7-14(21-4)15(8-12)22-5/h6-9H,10H2,1-5H3. The van der Waals surface area contributed by atoms with Crippen LogP contribution in [-0.2, 0) is 13.6 Å². The molecule has 0 aliphatic rings. The van der Waals surface area contributed by atoms with Gasteiger partial charge in [-0.05, 0) is 25.1 Å². The van der Waals surface area contributed by atoms with E-state index in [1.54, 1.807) is 55.2 Å². The van der Waals surface area contributed by atoms with Crippen molar-refractivity contribution in [1.29, 1.82) is 0 Å². The van der Waals surface area contributed by atoms with Crippen molar-refractivity contribution in [3.8, 4) is 11.5 Å². The summed E-state index contributed by atoms with van der Waals surface area (Å²) in [5, 5.41) is 4.19. The van der Waals surface area contributed by atoms with Crippen molar-refractivity contribution in [3.05, 3.63) is 41.2 Å². The lowest BCUT2D eigenvalue weighted by molar-refractivity contribution is 0.0784. The minimum atomic E-state index is -0.0794. The Hall–Kier alpha value is -2.50. The quantitative estimate of drug-likeness (QED) is 0.848. The van der Waals surface area contributed by atoms with E-state index >= 15 is 0 Å². The molecular weight excluding hydrogens is 282 g/mol. The van der Waals surface area contributed by atoms with Crippen molar-refractivity contribution in [2.75, 3.05) is 21.3 Å². The van der Waals surface area contributed by atoms with Crippen LogP contribution in [0, 0.1) is 6.92 Å². The molecule has 6 nitrogen and oxygen atoms in total. The van der Waals surface area contributed by atoms with Crippen molar-refractivity contribution in [1.82, 2.24) is 14.7 Å². The summed E-state index contributed by atoms with van der Waals surface area (Å²) in [6, 6.07) is 5.15. The number of ether oxygens (including phenoxy) is 2. The molecule has 1 amide bonds. The third-order valence-electron chi connectivity index (χ3n) is 3.72. The summed E-state index contributed by atoms with van der Waals surface area (Å²) >= 11 is 0. The zero-order chi connectivity index (χ0) is 16.3. The Bertz CT molecular complexity index is 679. The first-order valence-corrected chi connectivity index (χ1v) is 6.93. The van der Waals surface area contributed by atoms with Crippen LogP contribution in [0.25, 0.3) is 0 Å². The summed E-state index contributed by atoms with van der Waals surface area (Å²) < 4.78 is 12.2. The number of amides is 1. The van der Waals surface area contributed by atoms with Gasteiger partial charge in [0.25, 0.3) is 5.91 Å². The minimum Gasteiger partial charge on any atom is -0.493 e. The first-order valence-electron chi connectivity index (χ1n) is 6.93. The third kappa shape index (κ3) is 3.05. The van der Waals surface area contributed by atoms with Gasteiger partial charge in [-0.3, -0.25) is 9.48 Å². The Morgan fingerprint density at radius 2 is 1.95 bits per heavy atom. The van der Waals surface area contributed by atoms with Crippen LogP contribution in [0.5, 0.6) is 11.5 Å². The molecule has 2 rings (SSSR count). The van der Waals surface area contributed by atoms with Gasteiger partial charge in [-0.25, -0.2) is 0 Å². The fourth-order valence-electron chi connectivity index (χ4n) is 2.22. The van der Waals surface area contributed by atoms with Crippen LogP contribution in [0.4, 0.5) is 0 Å². The van der Waals surface area contributed by atoms with Crippen molar-refractivity contribution in [3.63, 3.8) is 0 Å². The Morgan fingerprint density at radius 1 is 1.27 bits per heavy atom. The van der Waals surface area contributed by atoms with Crippen molar-refractivity contribution in [2.45, 2.75) is 13.5 Å².